The number of carbonyl (C=O) groups is 2. The fraction of sp³-hybridized carbons (Fsp3) is 0.167. The van der Waals surface area contributed by atoms with Crippen molar-refractivity contribution in [1.82, 2.24) is 5.43 Å². The molecule has 1 aliphatic heterocycles. The van der Waals surface area contributed by atoms with Crippen LogP contribution in [0.4, 0.5) is 5.69 Å². The van der Waals surface area contributed by atoms with Crippen LogP contribution in [0.15, 0.2) is 58.1 Å². The summed E-state index contributed by atoms with van der Waals surface area (Å²) in [6, 6.07) is 13.9. The van der Waals surface area contributed by atoms with Crippen LogP contribution in [0.25, 0.3) is 0 Å². The summed E-state index contributed by atoms with van der Waals surface area (Å²) >= 11 is 3.31. The molecule has 3 rings (SSSR count). The minimum Gasteiger partial charge on any atom is -0.375 e. The van der Waals surface area contributed by atoms with Crippen LogP contribution >= 0.6 is 15.9 Å². The Hall–Kier alpha value is -2.51. The number of aliphatic hydroxyl groups is 1. The minimum atomic E-state index is -1.69. The van der Waals surface area contributed by atoms with E-state index in [0.717, 1.165) is 0 Å². The summed E-state index contributed by atoms with van der Waals surface area (Å²) in [6.45, 7) is 1.65. The highest BCUT2D eigenvalue weighted by molar-refractivity contribution is 9.10. The molecule has 0 fully saturated rings. The summed E-state index contributed by atoms with van der Waals surface area (Å²) in [6.07, 6.45) is -0.0217. The Labute approximate surface area is 153 Å². The van der Waals surface area contributed by atoms with E-state index < -0.39 is 11.5 Å². The molecule has 3 N–H and O–H groups in total. The van der Waals surface area contributed by atoms with Crippen molar-refractivity contribution in [3.63, 3.8) is 0 Å². The van der Waals surface area contributed by atoms with Crippen LogP contribution < -0.4 is 10.7 Å². The van der Waals surface area contributed by atoms with E-state index in [1.54, 1.807) is 55.5 Å². The van der Waals surface area contributed by atoms with Gasteiger partial charge < -0.3 is 10.4 Å². The Kier molecular flexibility index (Phi) is 4.69. The van der Waals surface area contributed by atoms with Gasteiger partial charge in [-0.2, -0.15) is 5.10 Å². The van der Waals surface area contributed by atoms with E-state index in [1.807, 2.05) is 0 Å². The standard InChI is InChI=1S/C18H16BrN3O3/c1-11(21-22-16(23)12-6-2-4-8-14(12)19)10-18(25)13-7-3-5-9-15(13)20-17(18)24/h2-9,25H,10H2,1H3,(H,20,24)(H,22,23)/b21-11+. The van der Waals surface area contributed by atoms with Gasteiger partial charge in [-0.05, 0) is 41.1 Å². The lowest BCUT2D eigenvalue weighted by Crippen LogP contribution is -2.36. The number of para-hydroxylation sites is 1. The molecule has 2 amide bonds. The third kappa shape index (κ3) is 3.33. The Morgan fingerprint density at radius 1 is 1.24 bits per heavy atom. The molecular weight excluding hydrogens is 386 g/mol. The molecule has 0 bridgehead atoms. The summed E-state index contributed by atoms with van der Waals surface area (Å²) in [5, 5.41) is 17.5. The van der Waals surface area contributed by atoms with Gasteiger partial charge in [0.25, 0.3) is 11.8 Å². The van der Waals surface area contributed by atoms with Crippen molar-refractivity contribution in [2.75, 3.05) is 5.32 Å². The maximum Gasteiger partial charge on any atom is 0.272 e. The van der Waals surface area contributed by atoms with Crippen molar-refractivity contribution < 1.29 is 14.7 Å². The number of hydrogen-bond acceptors (Lipinski definition) is 4. The van der Waals surface area contributed by atoms with E-state index in [2.05, 4.69) is 31.8 Å². The summed E-state index contributed by atoms with van der Waals surface area (Å²) in [7, 11) is 0. The first-order valence-corrected chi connectivity index (χ1v) is 8.42. The summed E-state index contributed by atoms with van der Waals surface area (Å²) in [4.78, 5) is 24.3. The van der Waals surface area contributed by atoms with Crippen molar-refractivity contribution in [3.05, 3.63) is 64.1 Å². The molecule has 1 atom stereocenters. The van der Waals surface area contributed by atoms with E-state index >= 15 is 0 Å². The van der Waals surface area contributed by atoms with Crippen LogP contribution in [0.5, 0.6) is 0 Å². The lowest BCUT2D eigenvalue weighted by atomic mass is 9.90. The van der Waals surface area contributed by atoms with E-state index in [1.165, 1.54) is 0 Å². The average molecular weight is 402 g/mol. The first kappa shape index (κ1) is 17.3. The van der Waals surface area contributed by atoms with E-state index in [-0.39, 0.29) is 12.3 Å². The fourth-order valence-corrected chi connectivity index (χ4v) is 3.20. The second-order valence-electron chi connectivity index (χ2n) is 5.80. The Morgan fingerprint density at radius 2 is 1.92 bits per heavy atom. The smallest absolute Gasteiger partial charge is 0.272 e. The summed E-state index contributed by atoms with van der Waals surface area (Å²) < 4.78 is 0.656. The quantitative estimate of drug-likeness (QED) is 0.543. The number of hydrogen-bond donors (Lipinski definition) is 3. The van der Waals surface area contributed by atoms with Gasteiger partial charge in [0, 0.05) is 27.9 Å². The predicted molar refractivity (Wildman–Crippen MR) is 98.3 cm³/mol. The number of anilines is 1. The molecule has 0 saturated carbocycles. The molecule has 1 heterocycles. The van der Waals surface area contributed by atoms with Gasteiger partial charge in [0.2, 0.25) is 0 Å². The minimum absolute atomic E-state index is 0.0217. The van der Waals surface area contributed by atoms with Crippen LogP contribution in [-0.4, -0.2) is 22.6 Å². The van der Waals surface area contributed by atoms with Gasteiger partial charge in [-0.25, -0.2) is 5.43 Å². The number of carbonyl (C=O) groups excluding carboxylic acids is 2. The van der Waals surface area contributed by atoms with Gasteiger partial charge in [0.15, 0.2) is 5.60 Å². The largest absolute Gasteiger partial charge is 0.375 e. The molecule has 128 valence electrons. The topological polar surface area (TPSA) is 90.8 Å². The number of hydrazone groups is 1. The van der Waals surface area contributed by atoms with Gasteiger partial charge in [0.05, 0.1) is 5.56 Å². The highest BCUT2D eigenvalue weighted by Crippen LogP contribution is 2.38. The number of fused-ring (bicyclic) bond motifs is 1. The SMILES string of the molecule is C/C(CC1(O)C(=O)Nc2ccccc21)=N\NC(=O)c1ccccc1Br. The average Bonchev–Trinajstić information content (AvgIpc) is 2.84. The molecule has 0 aromatic heterocycles. The van der Waals surface area contributed by atoms with E-state index in [4.69, 9.17) is 0 Å². The molecular formula is C18H16BrN3O3. The molecule has 2 aromatic rings. The van der Waals surface area contributed by atoms with Gasteiger partial charge in [-0.1, -0.05) is 30.3 Å². The molecule has 1 aliphatic rings. The number of nitrogens with one attached hydrogen (secondary N) is 2. The maximum absolute atomic E-state index is 12.2. The molecule has 7 heteroatoms. The van der Waals surface area contributed by atoms with Crippen LogP contribution in [-0.2, 0) is 10.4 Å². The zero-order valence-electron chi connectivity index (χ0n) is 13.4. The molecule has 2 aromatic carbocycles. The number of nitrogens with zero attached hydrogens (tertiary/aromatic N) is 1. The van der Waals surface area contributed by atoms with Crippen molar-refractivity contribution in [3.8, 4) is 0 Å². The Balaban J connectivity index is 1.75. The van der Waals surface area contributed by atoms with Crippen LogP contribution in [0, 0.1) is 0 Å². The first-order chi connectivity index (χ1) is 11.9. The second kappa shape index (κ2) is 6.78. The highest BCUT2D eigenvalue weighted by Gasteiger charge is 2.45. The van der Waals surface area contributed by atoms with Gasteiger partial charge in [0.1, 0.15) is 0 Å². The zero-order chi connectivity index (χ0) is 18.0. The van der Waals surface area contributed by atoms with Gasteiger partial charge >= 0.3 is 0 Å². The highest BCUT2D eigenvalue weighted by atomic mass is 79.9. The lowest BCUT2D eigenvalue weighted by molar-refractivity contribution is -0.132. The number of halogens is 1. The molecule has 6 nitrogen and oxygen atoms in total. The normalized spacial score (nSPS) is 19.3. The number of rotatable bonds is 4. The molecule has 0 saturated heterocycles. The first-order valence-electron chi connectivity index (χ1n) is 7.63. The third-order valence-corrected chi connectivity index (χ3v) is 4.67. The van der Waals surface area contributed by atoms with Crippen molar-refractivity contribution in [2.45, 2.75) is 18.9 Å². The molecule has 25 heavy (non-hydrogen) atoms. The third-order valence-electron chi connectivity index (χ3n) is 3.97. The Bertz CT molecular complexity index is 881. The molecule has 0 aliphatic carbocycles. The van der Waals surface area contributed by atoms with Crippen LogP contribution in [0.1, 0.15) is 29.3 Å². The van der Waals surface area contributed by atoms with Gasteiger partial charge in [-0.15, -0.1) is 0 Å². The van der Waals surface area contributed by atoms with Crippen molar-refractivity contribution in [2.24, 2.45) is 5.10 Å². The van der Waals surface area contributed by atoms with E-state index in [9.17, 15) is 14.7 Å². The lowest BCUT2D eigenvalue weighted by Gasteiger charge is -2.20. The maximum atomic E-state index is 12.2. The summed E-state index contributed by atoms with van der Waals surface area (Å²) in [5.74, 6) is -0.879. The van der Waals surface area contributed by atoms with Crippen molar-refractivity contribution in [1.29, 1.82) is 0 Å². The molecule has 0 spiro atoms. The zero-order valence-corrected chi connectivity index (χ0v) is 15.0. The molecule has 0 radical (unpaired) electrons. The van der Waals surface area contributed by atoms with E-state index in [0.29, 0.717) is 27.0 Å². The number of amides is 2. The second-order valence-corrected chi connectivity index (χ2v) is 6.66. The molecule has 1 unspecified atom stereocenters. The van der Waals surface area contributed by atoms with Crippen LogP contribution in [0.2, 0.25) is 0 Å². The Morgan fingerprint density at radius 3 is 2.68 bits per heavy atom. The summed E-state index contributed by atoms with van der Waals surface area (Å²) in [5.41, 5.74) is 2.71. The van der Waals surface area contributed by atoms with Crippen LogP contribution in [0.3, 0.4) is 0 Å². The monoisotopic (exact) mass is 401 g/mol. The fourth-order valence-electron chi connectivity index (χ4n) is 2.74. The van der Waals surface area contributed by atoms with Crippen molar-refractivity contribution >= 4 is 39.1 Å². The van der Waals surface area contributed by atoms with Gasteiger partial charge in [-0.3, -0.25) is 9.59 Å². The predicted octanol–water partition coefficient (Wildman–Crippen LogP) is 2.78. The number of benzene rings is 2.